The molecule has 0 spiro atoms. The molecule has 0 atom stereocenters. The van der Waals surface area contributed by atoms with Crippen molar-refractivity contribution in [2.45, 2.75) is 11.3 Å². The van der Waals surface area contributed by atoms with Gasteiger partial charge in [-0.3, -0.25) is 0 Å². The van der Waals surface area contributed by atoms with Crippen LogP contribution in [0.2, 0.25) is 0 Å². The van der Waals surface area contributed by atoms with E-state index < -0.39 is 11.3 Å². The number of hydrogen-bond acceptors (Lipinski definition) is 5. The number of allylic oxidation sites excluding steroid dienone is 1. The molecule has 12 heavy (non-hydrogen) atoms. The fourth-order valence-electron chi connectivity index (χ4n) is 0.900. The Morgan fingerprint density at radius 2 is 1.75 bits per heavy atom. The Kier molecular flexibility index (Phi) is 1.97. The summed E-state index contributed by atoms with van der Waals surface area (Å²) in [6, 6.07) is 0. The highest BCUT2D eigenvalue weighted by Crippen LogP contribution is 2.18. The smallest absolute Gasteiger partial charge is 0.122 e. The second-order valence-electron chi connectivity index (χ2n) is 2.95. The van der Waals surface area contributed by atoms with Crippen molar-refractivity contribution in [3.05, 3.63) is 24.0 Å². The van der Waals surface area contributed by atoms with E-state index in [1.165, 1.54) is 19.3 Å². The molecule has 0 radical (unpaired) electrons. The first-order valence-corrected chi connectivity index (χ1v) is 3.51. The third-order valence-corrected chi connectivity index (χ3v) is 1.89. The van der Waals surface area contributed by atoms with Crippen molar-refractivity contribution in [2.24, 2.45) is 22.9 Å². The molecular weight excluding hydrogens is 156 g/mol. The quantitative estimate of drug-likeness (QED) is 0.351. The van der Waals surface area contributed by atoms with E-state index in [0.29, 0.717) is 5.76 Å². The SMILES string of the molecule is COC1=CC(N)(N)C(N)(N)C=C1. The third-order valence-electron chi connectivity index (χ3n) is 1.89. The molecule has 0 amide bonds. The van der Waals surface area contributed by atoms with E-state index in [1.807, 2.05) is 0 Å². The first-order valence-electron chi connectivity index (χ1n) is 3.51. The van der Waals surface area contributed by atoms with Crippen LogP contribution in [0.3, 0.4) is 0 Å². The minimum Gasteiger partial charge on any atom is -0.497 e. The predicted octanol–water partition coefficient (Wildman–Crippen LogP) is -1.69. The maximum absolute atomic E-state index is 5.64. The summed E-state index contributed by atoms with van der Waals surface area (Å²) in [6.07, 6.45) is 4.65. The number of rotatable bonds is 1. The lowest BCUT2D eigenvalue weighted by atomic mass is 9.91. The summed E-state index contributed by atoms with van der Waals surface area (Å²) < 4.78 is 4.92. The summed E-state index contributed by atoms with van der Waals surface area (Å²) in [7, 11) is 1.52. The van der Waals surface area contributed by atoms with Gasteiger partial charge >= 0.3 is 0 Å². The van der Waals surface area contributed by atoms with Crippen molar-refractivity contribution in [3.8, 4) is 0 Å². The van der Waals surface area contributed by atoms with Crippen molar-refractivity contribution in [3.63, 3.8) is 0 Å². The Hall–Kier alpha value is -0.880. The second kappa shape index (κ2) is 2.56. The van der Waals surface area contributed by atoms with Crippen LogP contribution in [0.1, 0.15) is 0 Å². The molecule has 1 aliphatic rings. The minimum absolute atomic E-state index is 0.562. The van der Waals surface area contributed by atoms with Crippen LogP contribution in [0.4, 0.5) is 0 Å². The lowest BCUT2D eigenvalue weighted by Gasteiger charge is -2.38. The Bertz CT molecular complexity index is 242. The minimum atomic E-state index is -1.27. The van der Waals surface area contributed by atoms with Crippen LogP contribution in [0.15, 0.2) is 24.0 Å². The Labute approximate surface area is 71.0 Å². The Morgan fingerprint density at radius 1 is 1.17 bits per heavy atom. The zero-order chi connectivity index (χ0) is 9.41. The molecular formula is C7H14N4O. The predicted molar refractivity (Wildman–Crippen MR) is 46.4 cm³/mol. The van der Waals surface area contributed by atoms with E-state index in [1.54, 1.807) is 6.08 Å². The van der Waals surface area contributed by atoms with Gasteiger partial charge in [-0.05, 0) is 18.2 Å². The van der Waals surface area contributed by atoms with Gasteiger partial charge in [-0.25, -0.2) is 0 Å². The fourth-order valence-corrected chi connectivity index (χ4v) is 0.900. The van der Waals surface area contributed by atoms with Crippen molar-refractivity contribution >= 4 is 0 Å². The molecule has 5 heteroatoms. The van der Waals surface area contributed by atoms with Gasteiger partial charge in [-0.15, -0.1) is 0 Å². The molecule has 8 N–H and O–H groups in total. The molecule has 0 saturated carbocycles. The monoisotopic (exact) mass is 170 g/mol. The van der Waals surface area contributed by atoms with E-state index in [2.05, 4.69) is 0 Å². The molecule has 68 valence electrons. The molecule has 1 aliphatic carbocycles. The van der Waals surface area contributed by atoms with Crippen LogP contribution in [0.5, 0.6) is 0 Å². The highest BCUT2D eigenvalue weighted by atomic mass is 16.5. The first kappa shape index (κ1) is 9.21. The summed E-state index contributed by atoms with van der Waals surface area (Å²) in [6.45, 7) is 0. The van der Waals surface area contributed by atoms with Crippen LogP contribution >= 0.6 is 0 Å². The molecule has 0 aromatic heterocycles. The number of methoxy groups -OCH3 is 1. The molecule has 0 heterocycles. The van der Waals surface area contributed by atoms with E-state index in [4.69, 9.17) is 27.7 Å². The highest BCUT2D eigenvalue weighted by Gasteiger charge is 2.38. The molecule has 5 nitrogen and oxygen atoms in total. The van der Waals surface area contributed by atoms with Gasteiger partial charge in [-0.2, -0.15) is 0 Å². The van der Waals surface area contributed by atoms with Gasteiger partial charge in [0.05, 0.1) is 7.11 Å². The van der Waals surface area contributed by atoms with Gasteiger partial charge in [0.2, 0.25) is 0 Å². The second-order valence-corrected chi connectivity index (χ2v) is 2.95. The maximum Gasteiger partial charge on any atom is 0.122 e. The van der Waals surface area contributed by atoms with E-state index >= 15 is 0 Å². The van der Waals surface area contributed by atoms with Crippen molar-refractivity contribution in [1.29, 1.82) is 0 Å². The largest absolute Gasteiger partial charge is 0.497 e. The number of nitrogens with two attached hydrogens (primary N) is 4. The van der Waals surface area contributed by atoms with Gasteiger partial charge in [0.15, 0.2) is 0 Å². The summed E-state index contributed by atoms with van der Waals surface area (Å²) in [4.78, 5) is 0. The van der Waals surface area contributed by atoms with Crippen molar-refractivity contribution < 1.29 is 4.74 Å². The number of ether oxygens (including phenoxy) is 1. The molecule has 0 aromatic carbocycles. The molecule has 0 aromatic rings. The van der Waals surface area contributed by atoms with Crippen LogP contribution in [-0.2, 0) is 4.74 Å². The maximum atomic E-state index is 5.64. The van der Waals surface area contributed by atoms with Crippen LogP contribution in [-0.4, -0.2) is 18.4 Å². The molecule has 0 fully saturated rings. The lowest BCUT2D eigenvalue weighted by molar-refractivity contribution is 0.274. The van der Waals surface area contributed by atoms with Crippen molar-refractivity contribution in [1.82, 2.24) is 0 Å². The highest BCUT2D eigenvalue weighted by molar-refractivity contribution is 5.33. The zero-order valence-corrected chi connectivity index (χ0v) is 6.95. The topological polar surface area (TPSA) is 113 Å². The molecule has 0 unspecified atom stereocenters. The molecule has 0 aliphatic heterocycles. The summed E-state index contributed by atoms with van der Waals surface area (Å²) in [5.74, 6) is 0.562. The van der Waals surface area contributed by atoms with Crippen LogP contribution in [0.25, 0.3) is 0 Å². The molecule has 1 rings (SSSR count). The number of hydrogen-bond donors (Lipinski definition) is 4. The van der Waals surface area contributed by atoms with E-state index in [-0.39, 0.29) is 0 Å². The van der Waals surface area contributed by atoms with E-state index in [0.717, 1.165) is 0 Å². The Balaban J connectivity index is 2.99. The normalized spacial score (nSPS) is 24.9. The van der Waals surface area contributed by atoms with Gasteiger partial charge in [0, 0.05) is 0 Å². The average Bonchev–Trinajstić information content (AvgIpc) is 1.95. The van der Waals surface area contributed by atoms with E-state index in [9.17, 15) is 0 Å². The summed E-state index contributed by atoms with van der Waals surface area (Å²) >= 11 is 0. The Morgan fingerprint density at radius 3 is 2.17 bits per heavy atom. The van der Waals surface area contributed by atoms with Gasteiger partial charge in [0.25, 0.3) is 0 Å². The average molecular weight is 170 g/mol. The summed E-state index contributed by atoms with van der Waals surface area (Å²) in [5.41, 5.74) is 20.0. The van der Waals surface area contributed by atoms with Gasteiger partial charge in [-0.1, -0.05) is 0 Å². The van der Waals surface area contributed by atoms with Crippen LogP contribution < -0.4 is 22.9 Å². The fraction of sp³-hybridized carbons (Fsp3) is 0.429. The standard InChI is InChI=1S/C7H14N4O/c1-12-5-2-3-6(8,9)7(10,11)4-5/h2-4H,8-11H2,1H3. The van der Waals surface area contributed by atoms with Gasteiger partial charge in [0.1, 0.15) is 17.1 Å². The zero-order valence-electron chi connectivity index (χ0n) is 6.95. The van der Waals surface area contributed by atoms with Crippen LogP contribution in [0, 0.1) is 0 Å². The first-order chi connectivity index (χ1) is 5.39. The molecule has 0 saturated heterocycles. The summed E-state index contributed by atoms with van der Waals surface area (Å²) in [5, 5.41) is 0. The lowest BCUT2D eigenvalue weighted by Crippen LogP contribution is -2.75. The third kappa shape index (κ3) is 1.35. The van der Waals surface area contributed by atoms with Crippen molar-refractivity contribution in [2.75, 3.05) is 7.11 Å². The van der Waals surface area contributed by atoms with Gasteiger partial charge < -0.3 is 27.7 Å². The molecule has 0 bridgehead atoms.